The van der Waals surface area contributed by atoms with Gasteiger partial charge in [-0.25, -0.2) is 13.6 Å². The third-order valence-electron chi connectivity index (χ3n) is 1.95. The lowest BCUT2D eigenvalue weighted by Crippen LogP contribution is -2.08. The minimum Gasteiger partial charge on any atom is -0.465 e. The van der Waals surface area contributed by atoms with E-state index in [4.69, 9.17) is 0 Å². The van der Waals surface area contributed by atoms with Gasteiger partial charge in [0.05, 0.1) is 12.7 Å². The van der Waals surface area contributed by atoms with E-state index in [1.807, 2.05) is 0 Å². The van der Waals surface area contributed by atoms with Crippen molar-refractivity contribution in [2.45, 2.75) is 13.3 Å². The topological polar surface area (TPSA) is 43.4 Å². The van der Waals surface area contributed by atoms with Gasteiger partial charge in [-0.3, -0.25) is 4.79 Å². The van der Waals surface area contributed by atoms with E-state index in [0.29, 0.717) is 0 Å². The molecule has 0 aliphatic carbocycles. The molecule has 3 nitrogen and oxygen atoms in total. The first kappa shape index (κ1) is 12.3. The summed E-state index contributed by atoms with van der Waals surface area (Å²) in [4.78, 5) is 21.9. The number of carbonyl (C=O) groups is 2. The zero-order valence-corrected chi connectivity index (χ0v) is 8.84. The maximum absolute atomic E-state index is 13.2. The highest BCUT2D eigenvalue weighted by molar-refractivity contribution is 5.90. The molecule has 0 bridgehead atoms. The Morgan fingerprint density at radius 3 is 2.44 bits per heavy atom. The van der Waals surface area contributed by atoms with Crippen LogP contribution in [0.5, 0.6) is 0 Å². The van der Waals surface area contributed by atoms with Crippen molar-refractivity contribution in [1.82, 2.24) is 0 Å². The summed E-state index contributed by atoms with van der Waals surface area (Å²) in [6.07, 6.45) is -0.0544. The first-order valence-corrected chi connectivity index (χ1v) is 4.51. The van der Waals surface area contributed by atoms with Crippen LogP contribution in [0.15, 0.2) is 12.1 Å². The standard InChI is InChI=1S/C11H10F2O3/c1-6(14)3-7-4-8(11(15)16-2)10(13)9(12)5-7/h4-5H,3H2,1-2H3. The molecule has 0 radical (unpaired) electrons. The van der Waals surface area contributed by atoms with E-state index >= 15 is 0 Å². The summed E-state index contributed by atoms with van der Waals surface area (Å²) in [5, 5.41) is 0. The van der Waals surface area contributed by atoms with Gasteiger partial charge in [0.15, 0.2) is 11.6 Å². The number of carbonyl (C=O) groups excluding carboxylic acids is 2. The van der Waals surface area contributed by atoms with Crippen molar-refractivity contribution >= 4 is 11.8 Å². The molecular formula is C11H10F2O3. The van der Waals surface area contributed by atoms with Crippen LogP contribution in [-0.4, -0.2) is 18.9 Å². The lowest BCUT2D eigenvalue weighted by Gasteiger charge is -2.05. The Hall–Kier alpha value is -1.78. The average Bonchev–Trinajstić information content (AvgIpc) is 2.21. The summed E-state index contributed by atoms with van der Waals surface area (Å²) in [7, 11) is 1.07. The van der Waals surface area contributed by atoms with E-state index in [1.54, 1.807) is 0 Å². The van der Waals surface area contributed by atoms with Gasteiger partial charge < -0.3 is 4.74 Å². The molecule has 0 aliphatic rings. The maximum atomic E-state index is 13.2. The first-order chi connectivity index (χ1) is 7.45. The molecule has 0 unspecified atom stereocenters. The zero-order chi connectivity index (χ0) is 12.3. The van der Waals surface area contributed by atoms with Crippen LogP contribution in [0, 0.1) is 11.6 Å². The van der Waals surface area contributed by atoms with E-state index < -0.39 is 23.2 Å². The summed E-state index contributed by atoms with van der Waals surface area (Å²) in [6, 6.07) is 2.01. The van der Waals surface area contributed by atoms with Gasteiger partial charge in [-0.15, -0.1) is 0 Å². The van der Waals surface area contributed by atoms with Gasteiger partial charge >= 0.3 is 5.97 Å². The fraction of sp³-hybridized carbons (Fsp3) is 0.273. The number of hydrogen-bond donors (Lipinski definition) is 0. The Morgan fingerprint density at radius 1 is 1.31 bits per heavy atom. The van der Waals surface area contributed by atoms with Crippen LogP contribution in [-0.2, 0) is 16.0 Å². The Bertz CT molecular complexity index is 441. The third-order valence-corrected chi connectivity index (χ3v) is 1.95. The molecule has 1 rings (SSSR count). The number of esters is 1. The van der Waals surface area contributed by atoms with Crippen LogP contribution >= 0.6 is 0 Å². The van der Waals surface area contributed by atoms with E-state index in [-0.39, 0.29) is 17.8 Å². The molecule has 0 spiro atoms. The second-order valence-corrected chi connectivity index (χ2v) is 3.31. The molecule has 0 atom stereocenters. The average molecular weight is 228 g/mol. The highest BCUT2D eigenvalue weighted by Crippen LogP contribution is 2.16. The SMILES string of the molecule is COC(=O)c1cc(CC(C)=O)cc(F)c1F. The predicted molar refractivity (Wildman–Crippen MR) is 52.1 cm³/mol. The second-order valence-electron chi connectivity index (χ2n) is 3.31. The predicted octanol–water partition coefficient (Wildman–Crippen LogP) is 1.88. The fourth-order valence-electron chi connectivity index (χ4n) is 1.29. The molecular weight excluding hydrogens is 218 g/mol. The number of ether oxygens (including phenoxy) is 1. The highest BCUT2D eigenvalue weighted by atomic mass is 19.2. The molecule has 0 saturated carbocycles. The monoisotopic (exact) mass is 228 g/mol. The molecule has 5 heteroatoms. The van der Waals surface area contributed by atoms with Crippen LogP contribution in [0.25, 0.3) is 0 Å². The molecule has 0 aliphatic heterocycles. The largest absolute Gasteiger partial charge is 0.465 e. The van der Waals surface area contributed by atoms with Crippen molar-refractivity contribution in [3.05, 3.63) is 34.9 Å². The Balaban J connectivity index is 3.21. The van der Waals surface area contributed by atoms with Crippen molar-refractivity contribution in [2.24, 2.45) is 0 Å². The number of halogens is 2. The smallest absolute Gasteiger partial charge is 0.340 e. The summed E-state index contributed by atoms with van der Waals surface area (Å²) >= 11 is 0. The minimum atomic E-state index is -1.26. The molecule has 0 saturated heterocycles. The van der Waals surface area contributed by atoms with E-state index in [1.165, 1.54) is 6.92 Å². The van der Waals surface area contributed by atoms with Crippen LogP contribution in [0.2, 0.25) is 0 Å². The molecule has 16 heavy (non-hydrogen) atoms. The highest BCUT2D eigenvalue weighted by Gasteiger charge is 2.18. The summed E-state index contributed by atoms with van der Waals surface area (Å²) in [5.41, 5.74) is -0.259. The maximum Gasteiger partial charge on any atom is 0.340 e. The van der Waals surface area contributed by atoms with E-state index in [0.717, 1.165) is 19.2 Å². The van der Waals surface area contributed by atoms with Crippen molar-refractivity contribution in [3.8, 4) is 0 Å². The molecule has 0 N–H and O–H groups in total. The fourth-order valence-corrected chi connectivity index (χ4v) is 1.29. The van der Waals surface area contributed by atoms with E-state index in [2.05, 4.69) is 4.74 Å². The van der Waals surface area contributed by atoms with Gasteiger partial charge in [0, 0.05) is 6.42 Å². The van der Waals surface area contributed by atoms with Gasteiger partial charge in [0.2, 0.25) is 0 Å². The van der Waals surface area contributed by atoms with Gasteiger partial charge in [-0.2, -0.15) is 0 Å². The Kier molecular flexibility index (Phi) is 3.71. The minimum absolute atomic E-state index is 0.0544. The lowest BCUT2D eigenvalue weighted by molar-refractivity contribution is -0.116. The number of rotatable bonds is 3. The number of Topliss-reactive ketones (excluding diaryl/α,β-unsaturated/α-hetero) is 1. The number of benzene rings is 1. The molecule has 0 fully saturated rings. The normalized spacial score (nSPS) is 10.0. The second kappa shape index (κ2) is 4.83. The first-order valence-electron chi connectivity index (χ1n) is 4.51. The van der Waals surface area contributed by atoms with Crippen molar-refractivity contribution in [3.63, 3.8) is 0 Å². The third kappa shape index (κ3) is 2.62. The van der Waals surface area contributed by atoms with Gasteiger partial charge in [0.25, 0.3) is 0 Å². The van der Waals surface area contributed by atoms with Crippen LogP contribution in [0.1, 0.15) is 22.8 Å². The van der Waals surface area contributed by atoms with Crippen LogP contribution in [0.3, 0.4) is 0 Å². The Labute approximate surface area is 91.0 Å². The molecule has 1 aromatic rings. The van der Waals surface area contributed by atoms with Crippen LogP contribution < -0.4 is 0 Å². The lowest BCUT2D eigenvalue weighted by atomic mass is 10.1. The molecule has 86 valence electrons. The van der Waals surface area contributed by atoms with Crippen molar-refractivity contribution in [2.75, 3.05) is 7.11 Å². The van der Waals surface area contributed by atoms with E-state index in [9.17, 15) is 18.4 Å². The number of hydrogen-bond acceptors (Lipinski definition) is 3. The molecule has 1 aromatic carbocycles. The van der Waals surface area contributed by atoms with Gasteiger partial charge in [-0.1, -0.05) is 0 Å². The summed E-state index contributed by atoms with van der Waals surface area (Å²) < 4.78 is 30.6. The zero-order valence-electron chi connectivity index (χ0n) is 8.84. The number of ketones is 1. The quantitative estimate of drug-likeness (QED) is 0.742. The van der Waals surface area contributed by atoms with Gasteiger partial charge in [0.1, 0.15) is 5.78 Å². The summed E-state index contributed by atoms with van der Waals surface area (Å²) in [5.74, 6) is -3.61. The molecule has 0 aromatic heterocycles. The van der Waals surface area contributed by atoms with Crippen molar-refractivity contribution in [1.29, 1.82) is 0 Å². The van der Waals surface area contributed by atoms with Gasteiger partial charge in [-0.05, 0) is 24.6 Å². The van der Waals surface area contributed by atoms with Crippen molar-refractivity contribution < 1.29 is 23.1 Å². The van der Waals surface area contributed by atoms with Crippen LogP contribution in [0.4, 0.5) is 8.78 Å². The summed E-state index contributed by atoms with van der Waals surface area (Å²) in [6.45, 7) is 1.32. The number of methoxy groups -OCH3 is 1. The Morgan fingerprint density at radius 2 is 1.94 bits per heavy atom. The molecule has 0 amide bonds. The molecule has 0 heterocycles.